The number of aromatic nitrogens is 2. The molecule has 1 heterocycles. The van der Waals surface area contributed by atoms with Gasteiger partial charge in [-0.2, -0.15) is 0 Å². The fourth-order valence-corrected chi connectivity index (χ4v) is 1.86. The average molecular weight is 256 g/mol. The van der Waals surface area contributed by atoms with E-state index in [9.17, 15) is 0 Å². The Morgan fingerprint density at radius 2 is 1.88 bits per heavy atom. The van der Waals surface area contributed by atoms with Crippen LogP contribution in [0.4, 0.5) is 5.95 Å². The van der Waals surface area contributed by atoms with Crippen LogP contribution in [-0.4, -0.2) is 28.4 Å². The van der Waals surface area contributed by atoms with Gasteiger partial charge >= 0.3 is 0 Å². The van der Waals surface area contributed by atoms with Crippen molar-refractivity contribution < 1.29 is 0 Å². The van der Waals surface area contributed by atoms with Crippen LogP contribution in [0.15, 0.2) is 6.07 Å². The zero-order chi connectivity index (χ0) is 13.0. The second kappa shape index (κ2) is 6.20. The normalized spacial score (nSPS) is 11.3. The van der Waals surface area contributed by atoms with Crippen LogP contribution in [0, 0.1) is 6.92 Å². The second-order valence-corrected chi connectivity index (χ2v) is 5.24. The molecule has 1 aromatic rings. The number of anilines is 1. The topological polar surface area (TPSA) is 29.0 Å². The van der Waals surface area contributed by atoms with Gasteiger partial charge in [0.2, 0.25) is 5.95 Å². The minimum atomic E-state index is 0.357. The lowest BCUT2D eigenvalue weighted by atomic mass is 10.1. The van der Waals surface area contributed by atoms with E-state index in [1.807, 2.05) is 13.0 Å². The Hall–Kier alpha value is -0.830. The van der Waals surface area contributed by atoms with E-state index in [1.165, 1.54) is 0 Å². The van der Waals surface area contributed by atoms with Crippen molar-refractivity contribution in [2.24, 2.45) is 0 Å². The summed E-state index contributed by atoms with van der Waals surface area (Å²) in [5.41, 5.74) is 2.10. The standard InChI is InChI=1S/C13H22ClN3/c1-9(2)12-8-11(5)15-13(16-12)17(7-6-14)10(3)4/h8-10H,6-7H2,1-5H3. The Bertz CT molecular complexity index is 364. The third-order valence-electron chi connectivity index (χ3n) is 2.66. The molecule has 17 heavy (non-hydrogen) atoms. The third-order valence-corrected chi connectivity index (χ3v) is 2.83. The predicted octanol–water partition coefficient (Wildman–Crippen LogP) is 3.36. The summed E-state index contributed by atoms with van der Waals surface area (Å²) in [6, 6.07) is 2.41. The fourth-order valence-electron chi connectivity index (χ4n) is 1.68. The molecule has 0 spiro atoms. The van der Waals surface area contributed by atoms with E-state index in [4.69, 9.17) is 11.6 Å². The Morgan fingerprint density at radius 3 is 2.35 bits per heavy atom. The molecule has 1 rings (SSSR count). The molecule has 0 aromatic carbocycles. The first kappa shape index (κ1) is 14.2. The van der Waals surface area contributed by atoms with Gasteiger partial charge in [-0.25, -0.2) is 9.97 Å². The minimum Gasteiger partial charge on any atom is -0.337 e. The summed E-state index contributed by atoms with van der Waals surface area (Å²) in [5, 5.41) is 0. The molecule has 0 atom stereocenters. The first-order chi connectivity index (χ1) is 7.95. The van der Waals surface area contributed by atoms with Crippen LogP contribution in [0.1, 0.15) is 45.0 Å². The van der Waals surface area contributed by atoms with E-state index in [-0.39, 0.29) is 0 Å². The Labute approximate surface area is 109 Å². The van der Waals surface area contributed by atoms with Gasteiger partial charge in [0, 0.05) is 29.9 Å². The van der Waals surface area contributed by atoms with Crippen molar-refractivity contribution >= 4 is 17.5 Å². The van der Waals surface area contributed by atoms with Gasteiger partial charge in [0.25, 0.3) is 0 Å². The van der Waals surface area contributed by atoms with Crippen molar-refractivity contribution in [1.82, 2.24) is 9.97 Å². The lowest BCUT2D eigenvalue weighted by Gasteiger charge is -2.26. The highest BCUT2D eigenvalue weighted by molar-refractivity contribution is 6.18. The Balaban J connectivity index is 3.10. The van der Waals surface area contributed by atoms with Crippen molar-refractivity contribution in [3.8, 4) is 0 Å². The van der Waals surface area contributed by atoms with Gasteiger partial charge in [0.05, 0.1) is 0 Å². The molecule has 96 valence electrons. The van der Waals surface area contributed by atoms with E-state index < -0.39 is 0 Å². The van der Waals surface area contributed by atoms with Crippen molar-refractivity contribution in [2.75, 3.05) is 17.3 Å². The third kappa shape index (κ3) is 3.84. The molecule has 0 radical (unpaired) electrons. The second-order valence-electron chi connectivity index (χ2n) is 4.87. The molecule has 0 saturated heterocycles. The molecular formula is C13H22ClN3. The molecule has 0 bridgehead atoms. The van der Waals surface area contributed by atoms with Crippen LogP contribution in [0.5, 0.6) is 0 Å². The molecule has 0 amide bonds. The highest BCUT2D eigenvalue weighted by Crippen LogP contribution is 2.18. The van der Waals surface area contributed by atoms with Gasteiger partial charge in [-0.05, 0) is 32.8 Å². The van der Waals surface area contributed by atoms with Gasteiger partial charge in [0.15, 0.2) is 0 Å². The van der Waals surface area contributed by atoms with Crippen LogP contribution in [0.25, 0.3) is 0 Å². The Kier molecular flexibility index (Phi) is 5.19. The number of alkyl halides is 1. The first-order valence-corrected chi connectivity index (χ1v) is 6.67. The zero-order valence-electron chi connectivity index (χ0n) is 11.4. The maximum Gasteiger partial charge on any atom is 0.226 e. The number of nitrogens with zero attached hydrogens (tertiary/aromatic N) is 3. The number of rotatable bonds is 5. The maximum atomic E-state index is 5.84. The summed E-state index contributed by atoms with van der Waals surface area (Å²) in [6.45, 7) is 11.3. The summed E-state index contributed by atoms with van der Waals surface area (Å²) in [6.07, 6.45) is 0. The lowest BCUT2D eigenvalue weighted by molar-refractivity contribution is 0.672. The SMILES string of the molecule is Cc1cc(C(C)C)nc(N(CCCl)C(C)C)n1. The minimum absolute atomic E-state index is 0.357. The van der Waals surface area contributed by atoms with Gasteiger partial charge < -0.3 is 4.90 Å². The molecule has 0 aliphatic heterocycles. The molecule has 0 saturated carbocycles. The number of hydrogen-bond acceptors (Lipinski definition) is 3. The van der Waals surface area contributed by atoms with Crippen LogP contribution < -0.4 is 4.90 Å². The molecule has 0 aliphatic rings. The zero-order valence-corrected chi connectivity index (χ0v) is 12.1. The van der Waals surface area contributed by atoms with E-state index >= 15 is 0 Å². The van der Waals surface area contributed by atoms with Gasteiger partial charge in [-0.15, -0.1) is 11.6 Å². The summed E-state index contributed by atoms with van der Waals surface area (Å²) in [4.78, 5) is 11.3. The first-order valence-electron chi connectivity index (χ1n) is 6.14. The summed E-state index contributed by atoms with van der Waals surface area (Å²) >= 11 is 5.84. The average Bonchev–Trinajstić information content (AvgIpc) is 2.24. The van der Waals surface area contributed by atoms with Crippen molar-refractivity contribution in [2.45, 2.75) is 46.6 Å². The van der Waals surface area contributed by atoms with E-state index in [0.29, 0.717) is 17.8 Å². The van der Waals surface area contributed by atoms with E-state index in [1.54, 1.807) is 0 Å². The number of hydrogen-bond donors (Lipinski definition) is 0. The molecule has 0 N–H and O–H groups in total. The smallest absolute Gasteiger partial charge is 0.226 e. The molecule has 1 aromatic heterocycles. The highest BCUT2D eigenvalue weighted by Gasteiger charge is 2.15. The number of halogens is 1. The largest absolute Gasteiger partial charge is 0.337 e. The molecule has 3 nitrogen and oxygen atoms in total. The van der Waals surface area contributed by atoms with Crippen LogP contribution in [-0.2, 0) is 0 Å². The van der Waals surface area contributed by atoms with Gasteiger partial charge in [-0.3, -0.25) is 0 Å². The number of aryl methyl sites for hydroxylation is 1. The van der Waals surface area contributed by atoms with Gasteiger partial charge in [-0.1, -0.05) is 13.8 Å². The van der Waals surface area contributed by atoms with Crippen LogP contribution in [0.2, 0.25) is 0 Å². The van der Waals surface area contributed by atoms with E-state index in [2.05, 4.69) is 42.6 Å². The quantitative estimate of drug-likeness (QED) is 0.756. The lowest BCUT2D eigenvalue weighted by Crippen LogP contribution is -2.34. The van der Waals surface area contributed by atoms with Crippen LogP contribution >= 0.6 is 11.6 Å². The summed E-state index contributed by atoms with van der Waals surface area (Å²) in [7, 11) is 0. The van der Waals surface area contributed by atoms with Crippen molar-refractivity contribution in [1.29, 1.82) is 0 Å². The monoisotopic (exact) mass is 255 g/mol. The predicted molar refractivity (Wildman–Crippen MR) is 74.1 cm³/mol. The molecule has 0 aliphatic carbocycles. The van der Waals surface area contributed by atoms with Crippen molar-refractivity contribution in [3.63, 3.8) is 0 Å². The van der Waals surface area contributed by atoms with E-state index in [0.717, 1.165) is 23.9 Å². The summed E-state index contributed by atoms with van der Waals surface area (Å²) < 4.78 is 0. The highest BCUT2D eigenvalue weighted by atomic mass is 35.5. The fraction of sp³-hybridized carbons (Fsp3) is 0.692. The van der Waals surface area contributed by atoms with Crippen molar-refractivity contribution in [3.05, 3.63) is 17.5 Å². The van der Waals surface area contributed by atoms with Gasteiger partial charge in [0.1, 0.15) is 0 Å². The molecule has 0 fully saturated rings. The summed E-state index contributed by atoms with van der Waals surface area (Å²) in [5.74, 6) is 1.80. The Morgan fingerprint density at radius 1 is 1.24 bits per heavy atom. The maximum absolute atomic E-state index is 5.84. The molecule has 0 unspecified atom stereocenters. The molecule has 4 heteroatoms. The van der Waals surface area contributed by atoms with Crippen LogP contribution in [0.3, 0.4) is 0 Å². The molecular weight excluding hydrogens is 234 g/mol.